The Labute approximate surface area is 161 Å². The highest BCUT2D eigenvalue weighted by Crippen LogP contribution is 2.13. The first-order chi connectivity index (χ1) is 11.0. The van der Waals surface area contributed by atoms with Crippen LogP contribution in [-0.2, 0) is 4.79 Å². The van der Waals surface area contributed by atoms with Crippen molar-refractivity contribution in [1.82, 2.24) is 9.80 Å². The highest BCUT2D eigenvalue weighted by atomic mass is 35.5. The lowest BCUT2D eigenvalue weighted by Crippen LogP contribution is -2.47. The number of nitrogens with two attached hydrogens (primary N) is 1. The Morgan fingerprint density at radius 1 is 1.12 bits per heavy atom. The Bertz CT molecular complexity index is 544. The Morgan fingerprint density at radius 3 is 2.20 bits per heavy atom. The molecule has 0 aliphatic carbocycles. The minimum atomic E-state index is -0.0551. The second-order valence-electron chi connectivity index (χ2n) is 6.24. The van der Waals surface area contributed by atoms with Gasteiger partial charge in [-0.3, -0.25) is 9.59 Å². The van der Waals surface area contributed by atoms with Crippen LogP contribution >= 0.6 is 24.8 Å². The molecule has 1 heterocycles. The quantitative estimate of drug-likeness (QED) is 0.805. The van der Waals surface area contributed by atoms with Crippen molar-refractivity contribution in [2.24, 2.45) is 5.73 Å². The molecule has 1 atom stereocenters. The van der Waals surface area contributed by atoms with Gasteiger partial charge in [0.25, 0.3) is 5.91 Å². The highest BCUT2D eigenvalue weighted by Gasteiger charge is 2.20. The SMILES string of the molecule is CC(N)CCC(=O)Nc1ccc(C(=O)N2CCN(C)CC2)cc1.Cl.Cl. The lowest BCUT2D eigenvalue weighted by molar-refractivity contribution is -0.116. The van der Waals surface area contributed by atoms with Crippen molar-refractivity contribution in [3.63, 3.8) is 0 Å². The van der Waals surface area contributed by atoms with Gasteiger partial charge in [0.15, 0.2) is 0 Å². The summed E-state index contributed by atoms with van der Waals surface area (Å²) < 4.78 is 0. The van der Waals surface area contributed by atoms with E-state index in [1.807, 2.05) is 11.8 Å². The van der Waals surface area contributed by atoms with E-state index in [4.69, 9.17) is 5.73 Å². The summed E-state index contributed by atoms with van der Waals surface area (Å²) in [5, 5.41) is 2.82. The molecule has 0 spiro atoms. The summed E-state index contributed by atoms with van der Waals surface area (Å²) >= 11 is 0. The first kappa shape index (κ1) is 23.7. The predicted octanol–water partition coefficient (Wildman–Crippen LogP) is 1.98. The number of nitrogens with one attached hydrogen (secondary N) is 1. The molecule has 0 aromatic heterocycles. The van der Waals surface area contributed by atoms with E-state index in [2.05, 4.69) is 17.3 Å². The molecule has 25 heavy (non-hydrogen) atoms. The number of anilines is 1. The molecule has 142 valence electrons. The van der Waals surface area contributed by atoms with Gasteiger partial charge in [-0.05, 0) is 44.7 Å². The Hall–Kier alpha value is -1.34. The van der Waals surface area contributed by atoms with Gasteiger partial charge >= 0.3 is 0 Å². The molecule has 2 rings (SSSR count). The van der Waals surface area contributed by atoms with Crippen molar-refractivity contribution in [1.29, 1.82) is 0 Å². The van der Waals surface area contributed by atoms with Crippen LogP contribution in [0.25, 0.3) is 0 Å². The molecule has 8 heteroatoms. The number of benzene rings is 1. The van der Waals surface area contributed by atoms with Crippen molar-refractivity contribution in [2.45, 2.75) is 25.8 Å². The summed E-state index contributed by atoms with van der Waals surface area (Å²) in [4.78, 5) is 28.3. The summed E-state index contributed by atoms with van der Waals surface area (Å²) in [6.45, 7) is 5.20. The van der Waals surface area contributed by atoms with Crippen LogP contribution < -0.4 is 11.1 Å². The van der Waals surface area contributed by atoms with Crippen LogP contribution in [0.15, 0.2) is 24.3 Å². The van der Waals surface area contributed by atoms with Crippen LogP contribution in [0.1, 0.15) is 30.1 Å². The molecule has 1 aliphatic heterocycles. The zero-order chi connectivity index (χ0) is 16.8. The van der Waals surface area contributed by atoms with Gasteiger partial charge in [0, 0.05) is 49.9 Å². The van der Waals surface area contributed by atoms with Crippen molar-refractivity contribution in [3.8, 4) is 0 Å². The van der Waals surface area contributed by atoms with Crippen molar-refractivity contribution in [3.05, 3.63) is 29.8 Å². The smallest absolute Gasteiger partial charge is 0.253 e. The molecule has 3 N–H and O–H groups in total. The molecule has 2 amide bonds. The molecule has 0 bridgehead atoms. The largest absolute Gasteiger partial charge is 0.336 e. The van der Waals surface area contributed by atoms with Crippen molar-refractivity contribution < 1.29 is 9.59 Å². The number of hydrogen-bond acceptors (Lipinski definition) is 4. The minimum Gasteiger partial charge on any atom is -0.336 e. The molecular weight excluding hydrogens is 363 g/mol. The van der Waals surface area contributed by atoms with E-state index in [9.17, 15) is 9.59 Å². The number of carbonyl (C=O) groups excluding carboxylic acids is 2. The Kier molecular flexibility index (Phi) is 10.7. The molecule has 6 nitrogen and oxygen atoms in total. The standard InChI is InChI=1S/C17H26N4O2.2ClH/c1-13(18)3-8-16(22)19-15-6-4-14(5-7-15)17(23)21-11-9-20(2)10-12-21;;/h4-7,13H,3,8-12,18H2,1-2H3,(H,19,22);2*1H. The molecule has 1 saturated heterocycles. The van der Waals surface area contributed by atoms with Crippen LogP contribution in [0.2, 0.25) is 0 Å². The van der Waals surface area contributed by atoms with Gasteiger partial charge in [0.2, 0.25) is 5.91 Å². The second-order valence-corrected chi connectivity index (χ2v) is 6.24. The summed E-state index contributed by atoms with van der Waals surface area (Å²) in [6, 6.07) is 7.09. The normalized spacial score (nSPS) is 15.6. The Morgan fingerprint density at radius 2 is 1.68 bits per heavy atom. The average Bonchev–Trinajstić information content (AvgIpc) is 2.54. The van der Waals surface area contributed by atoms with E-state index in [1.165, 1.54) is 0 Å². The van der Waals surface area contributed by atoms with Gasteiger partial charge in [-0.15, -0.1) is 24.8 Å². The predicted molar refractivity (Wildman–Crippen MR) is 106 cm³/mol. The molecule has 0 radical (unpaired) electrons. The summed E-state index contributed by atoms with van der Waals surface area (Å²) in [5.41, 5.74) is 7.00. The number of rotatable bonds is 5. The summed E-state index contributed by atoms with van der Waals surface area (Å²) in [5.74, 6) is -0.00613. The summed E-state index contributed by atoms with van der Waals surface area (Å²) in [7, 11) is 2.06. The van der Waals surface area contributed by atoms with E-state index in [0.29, 0.717) is 24.1 Å². The third-order valence-electron chi connectivity index (χ3n) is 4.03. The number of halogens is 2. The molecule has 1 unspecified atom stereocenters. The number of likely N-dealkylation sites (N-methyl/N-ethyl adjacent to an activating group) is 1. The van der Waals surface area contributed by atoms with Crippen LogP contribution in [0.5, 0.6) is 0 Å². The van der Waals surface area contributed by atoms with Crippen molar-refractivity contribution in [2.75, 3.05) is 38.5 Å². The second kappa shape index (κ2) is 11.3. The molecular formula is C17H28Cl2N4O2. The molecule has 1 aromatic carbocycles. The maximum atomic E-state index is 12.4. The third-order valence-corrected chi connectivity index (χ3v) is 4.03. The van der Waals surface area contributed by atoms with E-state index in [-0.39, 0.29) is 42.7 Å². The summed E-state index contributed by atoms with van der Waals surface area (Å²) in [6.07, 6.45) is 1.06. The first-order valence-corrected chi connectivity index (χ1v) is 8.09. The zero-order valence-electron chi connectivity index (χ0n) is 14.7. The van der Waals surface area contributed by atoms with E-state index < -0.39 is 0 Å². The number of carbonyl (C=O) groups is 2. The zero-order valence-corrected chi connectivity index (χ0v) is 16.4. The van der Waals surface area contributed by atoms with Crippen LogP contribution in [-0.4, -0.2) is 60.9 Å². The van der Waals surface area contributed by atoms with Gasteiger partial charge in [-0.2, -0.15) is 0 Å². The lowest BCUT2D eigenvalue weighted by Gasteiger charge is -2.32. The first-order valence-electron chi connectivity index (χ1n) is 8.09. The van der Waals surface area contributed by atoms with Gasteiger partial charge in [-0.25, -0.2) is 0 Å². The van der Waals surface area contributed by atoms with E-state index in [1.54, 1.807) is 24.3 Å². The van der Waals surface area contributed by atoms with Crippen LogP contribution in [0.3, 0.4) is 0 Å². The van der Waals surface area contributed by atoms with E-state index in [0.717, 1.165) is 26.2 Å². The minimum absolute atomic E-state index is 0. The number of piperazine rings is 1. The monoisotopic (exact) mass is 390 g/mol. The van der Waals surface area contributed by atoms with Gasteiger partial charge in [-0.1, -0.05) is 0 Å². The van der Waals surface area contributed by atoms with Gasteiger partial charge in [0.1, 0.15) is 0 Å². The lowest BCUT2D eigenvalue weighted by atomic mass is 10.1. The van der Waals surface area contributed by atoms with Gasteiger partial charge < -0.3 is 20.9 Å². The molecule has 1 fully saturated rings. The fourth-order valence-electron chi connectivity index (χ4n) is 2.47. The van der Waals surface area contributed by atoms with E-state index >= 15 is 0 Å². The Balaban J connectivity index is 0.00000288. The number of amides is 2. The fraction of sp³-hybridized carbons (Fsp3) is 0.529. The van der Waals surface area contributed by atoms with Gasteiger partial charge in [0.05, 0.1) is 0 Å². The number of nitrogens with zero attached hydrogens (tertiary/aromatic N) is 2. The van der Waals surface area contributed by atoms with Crippen LogP contribution in [0, 0.1) is 0 Å². The molecule has 0 saturated carbocycles. The molecule has 1 aromatic rings. The third kappa shape index (κ3) is 7.61. The highest BCUT2D eigenvalue weighted by molar-refractivity contribution is 5.95. The maximum Gasteiger partial charge on any atom is 0.253 e. The topological polar surface area (TPSA) is 78.7 Å². The maximum absolute atomic E-state index is 12.4. The van der Waals surface area contributed by atoms with Crippen LogP contribution in [0.4, 0.5) is 5.69 Å². The van der Waals surface area contributed by atoms with Crippen molar-refractivity contribution >= 4 is 42.3 Å². The number of hydrogen-bond donors (Lipinski definition) is 2. The molecule has 1 aliphatic rings. The fourth-order valence-corrected chi connectivity index (χ4v) is 2.47. The average molecular weight is 391 g/mol.